The molecule has 1 fully saturated rings. The number of carboxylic acids is 1. The molecule has 2 N–H and O–H groups in total. The zero-order chi connectivity index (χ0) is 10.2. The first-order valence-corrected chi connectivity index (χ1v) is 4.26. The van der Waals surface area contributed by atoms with Gasteiger partial charge in [0.1, 0.15) is 11.2 Å². The van der Waals surface area contributed by atoms with Crippen molar-refractivity contribution in [3.8, 4) is 5.75 Å². The maximum absolute atomic E-state index is 11.0. The van der Waals surface area contributed by atoms with E-state index in [4.69, 9.17) is 14.9 Å². The smallest absolute Gasteiger partial charge is 0.318 e. The molecule has 0 amide bonds. The number of hydrogen-bond donors (Lipinski definition) is 2. The van der Waals surface area contributed by atoms with Crippen LogP contribution in [-0.2, 0) is 14.9 Å². The molecule has 0 saturated carbocycles. The van der Waals surface area contributed by atoms with E-state index in [0.717, 1.165) is 0 Å². The lowest BCUT2D eigenvalue weighted by molar-refractivity contribution is -0.163. The van der Waals surface area contributed by atoms with Gasteiger partial charge in [0.05, 0.1) is 13.2 Å². The minimum atomic E-state index is -0.909. The highest BCUT2D eigenvalue weighted by Gasteiger charge is 2.47. The van der Waals surface area contributed by atoms with E-state index in [1.807, 2.05) is 0 Å². The normalized spacial score (nSPS) is 18.6. The molecular formula is C10H10O4. The van der Waals surface area contributed by atoms with Crippen molar-refractivity contribution in [3.05, 3.63) is 29.8 Å². The van der Waals surface area contributed by atoms with Gasteiger partial charge in [-0.3, -0.25) is 4.79 Å². The van der Waals surface area contributed by atoms with Gasteiger partial charge in [0, 0.05) is 0 Å². The summed E-state index contributed by atoms with van der Waals surface area (Å²) in [4.78, 5) is 11.0. The molecule has 1 aliphatic heterocycles. The first kappa shape index (κ1) is 9.02. The summed E-state index contributed by atoms with van der Waals surface area (Å²) in [5.41, 5.74) is -0.234. The summed E-state index contributed by atoms with van der Waals surface area (Å²) in [5.74, 6) is -0.746. The molecule has 0 bridgehead atoms. The van der Waals surface area contributed by atoms with Gasteiger partial charge in [0.2, 0.25) is 0 Å². The van der Waals surface area contributed by atoms with Crippen LogP contribution in [0.2, 0.25) is 0 Å². The van der Waals surface area contributed by atoms with Gasteiger partial charge >= 0.3 is 5.97 Å². The molecule has 1 aromatic rings. The molecule has 0 spiro atoms. The number of aromatic hydroxyl groups is 1. The third-order valence-corrected chi connectivity index (χ3v) is 2.53. The summed E-state index contributed by atoms with van der Waals surface area (Å²) in [5, 5.41) is 18.1. The Morgan fingerprint density at radius 2 is 1.86 bits per heavy atom. The van der Waals surface area contributed by atoms with Gasteiger partial charge < -0.3 is 14.9 Å². The van der Waals surface area contributed by atoms with Crippen LogP contribution in [0.15, 0.2) is 24.3 Å². The van der Waals surface area contributed by atoms with E-state index in [1.54, 1.807) is 12.1 Å². The fourth-order valence-electron chi connectivity index (χ4n) is 1.50. The summed E-state index contributed by atoms with van der Waals surface area (Å²) in [6.45, 7) is 0.403. The average Bonchev–Trinajstić information content (AvgIpc) is 2.05. The molecule has 4 nitrogen and oxygen atoms in total. The Labute approximate surface area is 80.7 Å². The number of carbonyl (C=O) groups is 1. The second kappa shape index (κ2) is 2.99. The standard InChI is InChI=1S/C10H10O4/c11-8-3-1-7(2-4-8)10(9(12)13)5-14-6-10/h1-4,11H,5-6H2,(H,12,13). The van der Waals surface area contributed by atoms with Crippen LogP contribution in [0, 0.1) is 0 Å². The highest BCUT2D eigenvalue weighted by Crippen LogP contribution is 2.33. The van der Waals surface area contributed by atoms with Crippen LogP contribution in [-0.4, -0.2) is 29.4 Å². The van der Waals surface area contributed by atoms with Gasteiger partial charge in [-0.25, -0.2) is 0 Å². The van der Waals surface area contributed by atoms with Crippen LogP contribution in [0.3, 0.4) is 0 Å². The molecule has 2 rings (SSSR count). The largest absolute Gasteiger partial charge is 0.508 e. The predicted molar refractivity (Wildman–Crippen MR) is 48.2 cm³/mol. The molecule has 0 unspecified atom stereocenters. The van der Waals surface area contributed by atoms with Crippen LogP contribution >= 0.6 is 0 Å². The number of ether oxygens (including phenoxy) is 1. The van der Waals surface area contributed by atoms with E-state index in [2.05, 4.69) is 0 Å². The summed E-state index contributed by atoms with van der Waals surface area (Å²) in [6.07, 6.45) is 0. The van der Waals surface area contributed by atoms with Crippen LogP contribution in [0.1, 0.15) is 5.56 Å². The second-order valence-corrected chi connectivity index (χ2v) is 3.43. The van der Waals surface area contributed by atoms with E-state index >= 15 is 0 Å². The van der Waals surface area contributed by atoms with Crippen LogP contribution < -0.4 is 0 Å². The van der Waals surface area contributed by atoms with E-state index in [1.165, 1.54) is 12.1 Å². The zero-order valence-electron chi connectivity index (χ0n) is 7.43. The molecule has 74 valence electrons. The maximum atomic E-state index is 11.0. The third-order valence-electron chi connectivity index (χ3n) is 2.53. The Kier molecular flexibility index (Phi) is 1.93. The van der Waals surface area contributed by atoms with Crippen molar-refractivity contribution in [1.29, 1.82) is 0 Å². The highest BCUT2D eigenvalue weighted by molar-refractivity contribution is 5.82. The number of carboxylic acid groups (broad SMARTS) is 1. The van der Waals surface area contributed by atoms with Gasteiger partial charge in [-0.1, -0.05) is 12.1 Å². The van der Waals surface area contributed by atoms with Crippen molar-refractivity contribution >= 4 is 5.97 Å². The molecule has 0 radical (unpaired) electrons. The first-order valence-electron chi connectivity index (χ1n) is 4.26. The SMILES string of the molecule is O=C(O)C1(c2ccc(O)cc2)COC1. The Hall–Kier alpha value is -1.55. The Balaban J connectivity index is 2.37. The second-order valence-electron chi connectivity index (χ2n) is 3.43. The zero-order valence-corrected chi connectivity index (χ0v) is 7.43. The predicted octanol–water partition coefficient (Wildman–Crippen LogP) is 0.745. The van der Waals surface area contributed by atoms with Crippen molar-refractivity contribution in [1.82, 2.24) is 0 Å². The number of phenols is 1. The van der Waals surface area contributed by atoms with E-state index in [-0.39, 0.29) is 19.0 Å². The number of hydrogen-bond acceptors (Lipinski definition) is 3. The average molecular weight is 194 g/mol. The molecule has 4 heteroatoms. The molecule has 1 heterocycles. The van der Waals surface area contributed by atoms with Crippen molar-refractivity contribution in [2.24, 2.45) is 0 Å². The number of rotatable bonds is 2. The fourth-order valence-corrected chi connectivity index (χ4v) is 1.50. The minimum Gasteiger partial charge on any atom is -0.508 e. The topological polar surface area (TPSA) is 66.8 Å². The minimum absolute atomic E-state index is 0.134. The van der Waals surface area contributed by atoms with Gasteiger partial charge in [0.15, 0.2) is 0 Å². The van der Waals surface area contributed by atoms with Crippen molar-refractivity contribution in [2.45, 2.75) is 5.41 Å². The van der Waals surface area contributed by atoms with Crippen molar-refractivity contribution in [3.63, 3.8) is 0 Å². The fraction of sp³-hybridized carbons (Fsp3) is 0.300. The van der Waals surface area contributed by atoms with Gasteiger partial charge in [-0.15, -0.1) is 0 Å². The molecule has 1 saturated heterocycles. The van der Waals surface area contributed by atoms with E-state index in [0.29, 0.717) is 5.56 Å². The van der Waals surface area contributed by atoms with Crippen molar-refractivity contribution < 1.29 is 19.7 Å². The third kappa shape index (κ3) is 1.15. The van der Waals surface area contributed by atoms with Crippen LogP contribution in [0.25, 0.3) is 0 Å². The quantitative estimate of drug-likeness (QED) is 0.728. The molecule has 0 aliphatic carbocycles. The number of benzene rings is 1. The molecule has 1 aliphatic rings. The lowest BCUT2D eigenvalue weighted by Gasteiger charge is -2.37. The summed E-state index contributed by atoms with van der Waals surface area (Å²) in [7, 11) is 0. The van der Waals surface area contributed by atoms with Gasteiger partial charge in [-0.05, 0) is 17.7 Å². The highest BCUT2D eigenvalue weighted by atomic mass is 16.5. The van der Waals surface area contributed by atoms with E-state index < -0.39 is 11.4 Å². The Bertz CT molecular complexity index is 351. The first-order chi connectivity index (χ1) is 6.65. The Morgan fingerprint density at radius 3 is 2.21 bits per heavy atom. The van der Waals surface area contributed by atoms with Gasteiger partial charge in [0.25, 0.3) is 0 Å². The van der Waals surface area contributed by atoms with Gasteiger partial charge in [-0.2, -0.15) is 0 Å². The molecular weight excluding hydrogens is 184 g/mol. The summed E-state index contributed by atoms with van der Waals surface area (Å²) in [6, 6.07) is 6.20. The number of phenolic OH excluding ortho intramolecular Hbond substituents is 1. The molecule has 0 aromatic heterocycles. The number of aliphatic carboxylic acids is 1. The molecule has 0 atom stereocenters. The summed E-state index contributed by atoms with van der Waals surface area (Å²) < 4.78 is 4.94. The maximum Gasteiger partial charge on any atom is 0.318 e. The monoisotopic (exact) mass is 194 g/mol. The summed E-state index contributed by atoms with van der Waals surface area (Å²) >= 11 is 0. The van der Waals surface area contributed by atoms with Crippen molar-refractivity contribution in [2.75, 3.05) is 13.2 Å². The van der Waals surface area contributed by atoms with Crippen LogP contribution in [0.4, 0.5) is 0 Å². The lowest BCUT2D eigenvalue weighted by atomic mass is 9.79. The van der Waals surface area contributed by atoms with E-state index in [9.17, 15) is 4.79 Å². The van der Waals surface area contributed by atoms with Crippen LogP contribution in [0.5, 0.6) is 5.75 Å². The Morgan fingerprint density at radius 1 is 1.29 bits per heavy atom. The molecule has 14 heavy (non-hydrogen) atoms. The molecule has 1 aromatic carbocycles. The lowest BCUT2D eigenvalue weighted by Crippen LogP contribution is -2.52.